The Balaban J connectivity index is 0.885. The third-order valence-electron chi connectivity index (χ3n) is 11.3. The summed E-state index contributed by atoms with van der Waals surface area (Å²) in [5, 5.41) is 2.83. The molecule has 314 valence electrons. The molecule has 1 N–H and O–H groups in total. The summed E-state index contributed by atoms with van der Waals surface area (Å²) in [6.45, 7) is 9.37. The van der Waals surface area contributed by atoms with Crippen molar-refractivity contribution in [2.45, 2.75) is 51.1 Å². The van der Waals surface area contributed by atoms with Crippen molar-refractivity contribution < 1.29 is 42.9 Å². The van der Waals surface area contributed by atoms with Gasteiger partial charge < -0.3 is 24.3 Å². The van der Waals surface area contributed by atoms with E-state index in [0.717, 1.165) is 17.5 Å². The first-order chi connectivity index (χ1) is 29.2. The number of rotatable bonds is 19. The number of hydrogen-bond acceptors (Lipinski definition) is 11. The van der Waals surface area contributed by atoms with Gasteiger partial charge in [0, 0.05) is 31.0 Å². The predicted octanol–water partition coefficient (Wildman–Crippen LogP) is 4.21. The number of hydrogen-bond donors (Lipinski definition) is 1. The van der Waals surface area contributed by atoms with Gasteiger partial charge in [0.15, 0.2) is 0 Å². The normalized spacial score (nSPS) is 26.2. The Labute approximate surface area is 349 Å². The van der Waals surface area contributed by atoms with Crippen LogP contribution in [-0.2, 0) is 38.1 Å². The number of unbranched alkanes of at least 4 members (excludes halogenated alkanes) is 1. The zero-order chi connectivity index (χ0) is 42.2. The van der Waals surface area contributed by atoms with E-state index < -0.39 is 48.1 Å². The Morgan fingerprint density at radius 2 is 1.30 bits per heavy atom. The minimum Gasteiger partial charge on any atom is -0.377 e. The highest BCUT2D eigenvalue weighted by atomic mass is 16.5. The van der Waals surface area contributed by atoms with Gasteiger partial charge in [-0.25, -0.2) is 0 Å². The summed E-state index contributed by atoms with van der Waals surface area (Å²) in [6.07, 6.45) is 10.7. The van der Waals surface area contributed by atoms with Crippen LogP contribution in [0, 0.1) is 30.6 Å². The number of pyridine rings is 2. The van der Waals surface area contributed by atoms with E-state index >= 15 is 0 Å². The zero-order valence-corrected chi connectivity index (χ0v) is 33.9. The molecule has 6 heterocycles. The Kier molecular flexibility index (Phi) is 13.9. The Hall–Kier alpha value is -5.67. The molecule has 0 saturated carbocycles. The fourth-order valence-electron chi connectivity index (χ4n) is 8.28. The van der Waals surface area contributed by atoms with Gasteiger partial charge in [0.05, 0.1) is 92.4 Å². The summed E-state index contributed by atoms with van der Waals surface area (Å²) in [6, 6.07) is 16.8. The van der Waals surface area contributed by atoms with Crippen molar-refractivity contribution >= 4 is 35.6 Å². The van der Waals surface area contributed by atoms with Crippen molar-refractivity contribution in [2.24, 2.45) is 23.7 Å². The first-order valence-corrected chi connectivity index (χ1v) is 20.6. The van der Waals surface area contributed by atoms with E-state index in [4.69, 9.17) is 18.9 Å². The van der Waals surface area contributed by atoms with Gasteiger partial charge >= 0.3 is 0 Å². The molecule has 0 radical (unpaired) electrons. The maximum Gasteiger partial charge on any atom is 0.251 e. The molecule has 0 aliphatic carbocycles. The molecule has 5 amide bonds. The first kappa shape index (κ1) is 42.5. The van der Waals surface area contributed by atoms with E-state index in [9.17, 15) is 24.0 Å². The van der Waals surface area contributed by atoms with Crippen molar-refractivity contribution in [1.82, 2.24) is 25.1 Å². The molecule has 3 aromatic rings. The molecule has 4 saturated heterocycles. The lowest BCUT2D eigenvalue weighted by atomic mass is 9.87. The standard InChI is InChI=1S/C46H51N5O9/c1-4-6-21-50-44(54)40-35(13-12-30-10-8-7-9-11-30)60-37(41(40)45(50)55)15-14-36-39-38(34(5-2)59-36)43(53)51(46(39)56)22-24-58-26-25-57-23-20-49-42(52)31-17-19-48-33(28-31)32-27-29(3)16-18-47-32/h5,7-19,27-28,34-41H,2,4,6,20-26H2,1,3H3,(H,49,52)/b13-12-,15-14-. The highest BCUT2D eigenvalue weighted by Gasteiger charge is 2.60. The smallest absolute Gasteiger partial charge is 0.251 e. The van der Waals surface area contributed by atoms with Crippen LogP contribution in [0.4, 0.5) is 0 Å². The van der Waals surface area contributed by atoms with E-state index in [0.29, 0.717) is 29.9 Å². The lowest BCUT2D eigenvalue weighted by molar-refractivity contribution is -0.145. The quantitative estimate of drug-likeness (QED) is 0.105. The third-order valence-corrected chi connectivity index (χ3v) is 11.3. The molecule has 14 nitrogen and oxygen atoms in total. The predicted molar refractivity (Wildman–Crippen MR) is 221 cm³/mol. The molecule has 14 heteroatoms. The van der Waals surface area contributed by atoms with Crippen LogP contribution < -0.4 is 5.32 Å². The van der Waals surface area contributed by atoms with Gasteiger partial charge in [0.1, 0.15) is 0 Å². The largest absolute Gasteiger partial charge is 0.377 e. The summed E-state index contributed by atoms with van der Waals surface area (Å²) in [7, 11) is 0. The van der Waals surface area contributed by atoms with E-state index in [1.54, 1.807) is 36.7 Å². The van der Waals surface area contributed by atoms with Crippen LogP contribution in [0.2, 0.25) is 0 Å². The van der Waals surface area contributed by atoms with Crippen LogP contribution in [0.5, 0.6) is 0 Å². The topological polar surface area (TPSA) is 167 Å². The second-order valence-corrected chi connectivity index (χ2v) is 15.3. The van der Waals surface area contributed by atoms with E-state index in [1.807, 2.05) is 68.5 Å². The number of benzene rings is 1. The fraction of sp³-hybridized carbons (Fsp3) is 0.413. The minimum absolute atomic E-state index is 0.0577. The molecule has 60 heavy (non-hydrogen) atoms. The number of fused-ring (bicyclic) bond motifs is 2. The van der Waals surface area contributed by atoms with Crippen LogP contribution >= 0.6 is 0 Å². The van der Waals surface area contributed by atoms with Crippen LogP contribution in [0.1, 0.15) is 41.3 Å². The minimum atomic E-state index is -0.791. The van der Waals surface area contributed by atoms with Crippen LogP contribution in [0.15, 0.2) is 97.9 Å². The van der Waals surface area contributed by atoms with Crippen LogP contribution in [0.3, 0.4) is 0 Å². The number of nitrogens with one attached hydrogen (secondary N) is 1. The monoisotopic (exact) mass is 817 g/mol. The van der Waals surface area contributed by atoms with Gasteiger partial charge in [0.25, 0.3) is 5.91 Å². The number of amides is 5. The summed E-state index contributed by atoms with van der Waals surface area (Å²) in [5.74, 6) is -4.42. The molecule has 2 aromatic heterocycles. The SMILES string of the molecule is C=CC1OC(/C=C\C2OC(/C=C\c3ccccc3)C3C(=O)N(CCCC)C(=O)C23)C2C(=O)N(CCOCCOCCNC(=O)c3ccnc(-c4cc(C)ccn4)c3)C(=O)C12. The molecule has 0 bridgehead atoms. The summed E-state index contributed by atoms with van der Waals surface area (Å²) >= 11 is 0. The second kappa shape index (κ2) is 19.6. The van der Waals surface area contributed by atoms with Crippen molar-refractivity contribution in [1.29, 1.82) is 0 Å². The maximum absolute atomic E-state index is 13.7. The van der Waals surface area contributed by atoms with Gasteiger partial charge in [-0.05, 0) is 48.7 Å². The molecule has 7 rings (SSSR count). The van der Waals surface area contributed by atoms with Crippen LogP contribution in [0.25, 0.3) is 17.5 Å². The molecular weight excluding hydrogens is 767 g/mol. The summed E-state index contributed by atoms with van der Waals surface area (Å²) < 4.78 is 23.8. The molecule has 8 unspecified atom stereocenters. The maximum atomic E-state index is 13.7. The Morgan fingerprint density at radius 1 is 0.733 bits per heavy atom. The fourth-order valence-corrected chi connectivity index (χ4v) is 8.28. The number of carbonyl (C=O) groups is 5. The first-order valence-electron chi connectivity index (χ1n) is 20.6. The van der Waals surface area contributed by atoms with Gasteiger partial charge in [-0.3, -0.25) is 43.7 Å². The van der Waals surface area contributed by atoms with Gasteiger partial charge in [-0.15, -0.1) is 6.58 Å². The molecule has 1 aromatic carbocycles. The Morgan fingerprint density at radius 3 is 1.93 bits per heavy atom. The molecule has 8 atom stereocenters. The average Bonchev–Trinajstić information content (AvgIpc) is 3.96. The van der Waals surface area contributed by atoms with E-state index in [1.165, 1.54) is 15.9 Å². The van der Waals surface area contributed by atoms with Gasteiger partial charge in [-0.2, -0.15) is 0 Å². The van der Waals surface area contributed by atoms with E-state index in [-0.39, 0.29) is 69.1 Å². The van der Waals surface area contributed by atoms with Crippen molar-refractivity contribution in [3.8, 4) is 11.4 Å². The number of aromatic nitrogens is 2. The molecule has 4 aliphatic rings. The molecule has 4 fully saturated rings. The van der Waals surface area contributed by atoms with Crippen molar-refractivity contribution in [2.75, 3.05) is 46.1 Å². The lowest BCUT2D eigenvalue weighted by Gasteiger charge is -2.21. The second-order valence-electron chi connectivity index (χ2n) is 15.3. The zero-order valence-electron chi connectivity index (χ0n) is 33.9. The van der Waals surface area contributed by atoms with E-state index in [2.05, 4.69) is 21.9 Å². The van der Waals surface area contributed by atoms with Gasteiger partial charge in [0.2, 0.25) is 23.6 Å². The van der Waals surface area contributed by atoms with Gasteiger partial charge in [-0.1, -0.05) is 74.1 Å². The number of carbonyl (C=O) groups excluding carboxylic acids is 5. The number of nitrogens with zero attached hydrogens (tertiary/aromatic N) is 4. The number of imide groups is 2. The number of aryl methyl sites for hydroxylation is 1. The number of likely N-dealkylation sites (tertiary alicyclic amines) is 2. The average molecular weight is 818 g/mol. The highest BCUT2D eigenvalue weighted by molar-refractivity contribution is 6.07. The highest BCUT2D eigenvalue weighted by Crippen LogP contribution is 2.44. The lowest BCUT2D eigenvalue weighted by Crippen LogP contribution is -2.38. The molecule has 0 spiro atoms. The molecule has 4 aliphatic heterocycles. The van der Waals surface area contributed by atoms with Crippen molar-refractivity contribution in [3.63, 3.8) is 0 Å². The third kappa shape index (κ3) is 9.21. The van der Waals surface area contributed by atoms with Crippen molar-refractivity contribution in [3.05, 3.63) is 115 Å². The summed E-state index contributed by atoms with van der Waals surface area (Å²) in [5.41, 5.74) is 3.74. The molecular formula is C46H51N5O9. The van der Waals surface area contributed by atoms with Crippen LogP contribution in [-0.4, -0.2) is 120 Å². The summed E-state index contributed by atoms with van der Waals surface area (Å²) in [4.78, 5) is 78.5. The Bertz CT molecular complexity index is 2120. The number of ether oxygens (including phenoxy) is 4.